The molecule has 2 aromatic rings. The van der Waals surface area contributed by atoms with E-state index >= 15 is 0 Å². The number of carbonyl (C=O) groups is 1. The molecule has 0 fully saturated rings. The first kappa shape index (κ1) is 16.3. The van der Waals surface area contributed by atoms with E-state index in [4.69, 9.17) is 9.47 Å². The fourth-order valence-corrected chi connectivity index (χ4v) is 2.54. The number of aromatic nitrogens is 2. The summed E-state index contributed by atoms with van der Waals surface area (Å²) in [5.41, 5.74) is 0.862. The molecule has 1 atom stereocenters. The number of halogens is 1. The minimum atomic E-state index is -0.541. The number of H-pyrrole nitrogens is 1. The Bertz CT molecular complexity index is 759. The van der Waals surface area contributed by atoms with Gasteiger partial charge in [0.1, 0.15) is 5.69 Å². The maximum absolute atomic E-state index is 12.1. The van der Waals surface area contributed by atoms with Gasteiger partial charge in [-0.1, -0.05) is 15.9 Å². The second-order valence-electron chi connectivity index (χ2n) is 4.42. The van der Waals surface area contributed by atoms with E-state index in [2.05, 4.69) is 30.6 Å². The number of ether oxygens (including phenoxy) is 3. The Hall–Kier alpha value is -2.09. The Morgan fingerprint density at radius 1 is 1.27 bits per heavy atom. The number of aromatic amines is 1. The lowest BCUT2D eigenvalue weighted by atomic mass is 10.2. The number of methoxy groups -OCH3 is 3. The van der Waals surface area contributed by atoms with Crippen LogP contribution < -0.4 is 15.0 Å². The van der Waals surface area contributed by atoms with Crippen LogP contribution in [-0.4, -0.2) is 37.3 Å². The Balaban J connectivity index is 2.51. The summed E-state index contributed by atoms with van der Waals surface area (Å²) in [4.78, 5) is 29.9. The predicted octanol–water partition coefficient (Wildman–Crippen LogP) is 1.94. The van der Waals surface area contributed by atoms with Crippen molar-refractivity contribution in [2.24, 2.45) is 0 Å². The lowest BCUT2D eigenvalue weighted by Gasteiger charge is -2.11. The van der Waals surface area contributed by atoms with E-state index in [0.29, 0.717) is 22.5 Å². The molecule has 0 radical (unpaired) electrons. The van der Waals surface area contributed by atoms with Gasteiger partial charge in [-0.05, 0) is 0 Å². The zero-order chi connectivity index (χ0) is 16.3. The van der Waals surface area contributed by atoms with Gasteiger partial charge in [-0.25, -0.2) is 4.98 Å². The van der Waals surface area contributed by atoms with Crippen molar-refractivity contribution < 1.29 is 19.0 Å². The van der Waals surface area contributed by atoms with Crippen LogP contribution in [0.3, 0.4) is 0 Å². The molecule has 0 saturated heterocycles. The summed E-state index contributed by atoms with van der Waals surface area (Å²) in [6.07, 6.45) is 0.00533. The minimum absolute atomic E-state index is 0.00533. The molecule has 0 aliphatic rings. The number of alkyl halides is 1. The van der Waals surface area contributed by atoms with Gasteiger partial charge >= 0.3 is 5.97 Å². The number of hydrogen-bond acceptors (Lipinski definition) is 6. The fourth-order valence-electron chi connectivity index (χ4n) is 1.97. The van der Waals surface area contributed by atoms with Gasteiger partial charge in [-0.2, -0.15) is 0 Å². The third-order valence-electron chi connectivity index (χ3n) is 3.09. The summed E-state index contributed by atoms with van der Waals surface area (Å²) in [7, 11) is 4.31. The second-order valence-corrected chi connectivity index (χ2v) is 5.53. The average molecular weight is 371 g/mol. The number of benzene rings is 1. The minimum Gasteiger partial charge on any atom is -0.493 e. The maximum Gasteiger partial charge on any atom is 0.307 e. The third kappa shape index (κ3) is 3.22. The van der Waals surface area contributed by atoms with E-state index in [0.717, 1.165) is 0 Å². The van der Waals surface area contributed by atoms with Gasteiger partial charge in [0.25, 0.3) is 5.56 Å². The molecule has 1 N–H and O–H groups in total. The molecule has 7 nitrogen and oxygen atoms in total. The summed E-state index contributed by atoms with van der Waals surface area (Å²) >= 11 is 3.29. The van der Waals surface area contributed by atoms with E-state index in [1.165, 1.54) is 21.3 Å². The zero-order valence-electron chi connectivity index (χ0n) is 12.3. The normalized spacial score (nSPS) is 12.0. The van der Waals surface area contributed by atoms with E-state index < -0.39 is 10.8 Å². The number of carbonyl (C=O) groups excluding carboxylic acids is 1. The zero-order valence-corrected chi connectivity index (χ0v) is 13.9. The molecule has 0 spiro atoms. The predicted molar refractivity (Wildman–Crippen MR) is 83.8 cm³/mol. The van der Waals surface area contributed by atoms with Gasteiger partial charge in [0.2, 0.25) is 0 Å². The average Bonchev–Trinajstić information content (AvgIpc) is 2.52. The van der Waals surface area contributed by atoms with Crippen LogP contribution in [0.15, 0.2) is 16.9 Å². The molecule has 0 saturated carbocycles. The van der Waals surface area contributed by atoms with Crippen LogP contribution in [0.25, 0.3) is 11.0 Å². The van der Waals surface area contributed by atoms with Crippen molar-refractivity contribution in [3.63, 3.8) is 0 Å². The summed E-state index contributed by atoms with van der Waals surface area (Å²) < 4.78 is 15.0. The highest BCUT2D eigenvalue weighted by molar-refractivity contribution is 9.09. The van der Waals surface area contributed by atoms with E-state index in [1.54, 1.807) is 12.1 Å². The van der Waals surface area contributed by atoms with Crippen LogP contribution >= 0.6 is 15.9 Å². The molecule has 1 aromatic heterocycles. The maximum atomic E-state index is 12.1. The molecule has 0 bridgehead atoms. The lowest BCUT2D eigenvalue weighted by Crippen LogP contribution is -2.18. The Labute approximate surface area is 134 Å². The monoisotopic (exact) mass is 370 g/mol. The van der Waals surface area contributed by atoms with Crippen molar-refractivity contribution in [1.29, 1.82) is 0 Å². The molecule has 8 heteroatoms. The van der Waals surface area contributed by atoms with Crippen LogP contribution in [0.1, 0.15) is 16.9 Å². The van der Waals surface area contributed by atoms with Crippen molar-refractivity contribution in [1.82, 2.24) is 9.97 Å². The largest absolute Gasteiger partial charge is 0.493 e. The highest BCUT2D eigenvalue weighted by Gasteiger charge is 2.19. The topological polar surface area (TPSA) is 90.5 Å². The third-order valence-corrected chi connectivity index (χ3v) is 3.85. The second kappa shape index (κ2) is 6.78. The molecule has 0 aliphatic heterocycles. The summed E-state index contributed by atoms with van der Waals surface area (Å²) in [6.45, 7) is 0. The summed E-state index contributed by atoms with van der Waals surface area (Å²) in [5, 5.41) is 0. The van der Waals surface area contributed by atoms with Crippen LogP contribution in [0.2, 0.25) is 0 Å². The number of nitrogens with one attached hydrogen (secondary N) is 1. The summed E-state index contributed by atoms with van der Waals surface area (Å²) in [5.74, 6) is 0.556. The SMILES string of the molecule is COC(=O)C[C@@H](Br)c1nc2cc(OC)c(OC)cc2[nH]c1=O. The number of esters is 1. The Kier molecular flexibility index (Phi) is 5.02. The van der Waals surface area contributed by atoms with Gasteiger partial charge in [0.15, 0.2) is 11.5 Å². The number of fused-ring (bicyclic) bond motifs is 1. The van der Waals surface area contributed by atoms with E-state index in [1.807, 2.05) is 0 Å². The molecule has 118 valence electrons. The van der Waals surface area contributed by atoms with Crippen molar-refractivity contribution in [2.45, 2.75) is 11.2 Å². The standard InChI is InChI=1S/C14H15BrN2O5/c1-20-10-5-8-9(6-11(10)21-2)17-14(19)13(16-8)7(15)4-12(18)22-3/h5-7H,4H2,1-3H3,(H,17,19)/t7-/m1/s1. The first-order chi connectivity index (χ1) is 10.5. The smallest absolute Gasteiger partial charge is 0.307 e. The van der Waals surface area contributed by atoms with Crippen molar-refractivity contribution in [3.05, 3.63) is 28.2 Å². The Morgan fingerprint density at radius 3 is 2.50 bits per heavy atom. The molecular formula is C14H15BrN2O5. The molecule has 0 aliphatic carbocycles. The van der Waals surface area contributed by atoms with Crippen molar-refractivity contribution in [3.8, 4) is 11.5 Å². The molecule has 0 unspecified atom stereocenters. The fraction of sp³-hybridized carbons (Fsp3) is 0.357. The molecule has 1 aromatic carbocycles. The first-order valence-corrected chi connectivity index (χ1v) is 7.28. The van der Waals surface area contributed by atoms with E-state index in [9.17, 15) is 9.59 Å². The quantitative estimate of drug-likeness (QED) is 0.638. The van der Waals surface area contributed by atoms with Crippen LogP contribution in [-0.2, 0) is 9.53 Å². The van der Waals surface area contributed by atoms with Crippen LogP contribution in [0.5, 0.6) is 11.5 Å². The molecule has 2 rings (SSSR count). The number of rotatable bonds is 5. The highest BCUT2D eigenvalue weighted by Crippen LogP contribution is 2.31. The van der Waals surface area contributed by atoms with Crippen LogP contribution in [0, 0.1) is 0 Å². The van der Waals surface area contributed by atoms with Gasteiger partial charge in [0.05, 0.1) is 43.6 Å². The van der Waals surface area contributed by atoms with Gasteiger partial charge in [-0.3, -0.25) is 9.59 Å². The first-order valence-electron chi connectivity index (χ1n) is 6.37. The Morgan fingerprint density at radius 2 is 1.91 bits per heavy atom. The van der Waals surface area contributed by atoms with Gasteiger partial charge in [-0.15, -0.1) is 0 Å². The molecule has 1 heterocycles. The summed E-state index contributed by atoms with van der Waals surface area (Å²) in [6, 6.07) is 3.29. The van der Waals surface area contributed by atoms with Crippen LogP contribution in [0.4, 0.5) is 0 Å². The highest BCUT2D eigenvalue weighted by atomic mass is 79.9. The number of hydrogen-bond donors (Lipinski definition) is 1. The van der Waals surface area contributed by atoms with Crippen molar-refractivity contribution >= 4 is 32.9 Å². The van der Waals surface area contributed by atoms with Gasteiger partial charge < -0.3 is 19.2 Å². The molecule has 22 heavy (non-hydrogen) atoms. The number of nitrogens with zero attached hydrogens (tertiary/aromatic N) is 1. The van der Waals surface area contributed by atoms with Crippen molar-refractivity contribution in [2.75, 3.05) is 21.3 Å². The molecule has 0 amide bonds. The van der Waals surface area contributed by atoms with E-state index in [-0.39, 0.29) is 17.7 Å². The lowest BCUT2D eigenvalue weighted by molar-refractivity contribution is -0.140. The van der Waals surface area contributed by atoms with Gasteiger partial charge in [0, 0.05) is 12.1 Å². The molecular weight excluding hydrogens is 356 g/mol.